The van der Waals surface area contributed by atoms with Gasteiger partial charge in [0.15, 0.2) is 5.79 Å². The van der Waals surface area contributed by atoms with E-state index in [1.165, 1.54) is 22.3 Å². The van der Waals surface area contributed by atoms with Gasteiger partial charge in [-0.3, -0.25) is 5.43 Å². The van der Waals surface area contributed by atoms with Crippen molar-refractivity contribution < 1.29 is 9.47 Å². The van der Waals surface area contributed by atoms with Gasteiger partial charge in [0.2, 0.25) is 0 Å². The van der Waals surface area contributed by atoms with Crippen molar-refractivity contribution >= 4 is 11.4 Å². The van der Waals surface area contributed by atoms with Crippen LogP contribution in [0.4, 0.5) is 5.69 Å². The molecule has 144 valence electrons. The van der Waals surface area contributed by atoms with Crippen molar-refractivity contribution in [3.05, 3.63) is 64.7 Å². The maximum absolute atomic E-state index is 5.67. The van der Waals surface area contributed by atoms with Crippen LogP contribution in [0.15, 0.2) is 47.6 Å². The maximum Gasteiger partial charge on any atom is 0.169 e. The second kappa shape index (κ2) is 7.45. The fraction of sp³-hybridized carbons (Fsp3) is 0.435. The van der Waals surface area contributed by atoms with E-state index in [4.69, 9.17) is 14.6 Å². The summed E-state index contributed by atoms with van der Waals surface area (Å²) in [5.74, 6) is -0.539. The van der Waals surface area contributed by atoms with Gasteiger partial charge in [-0.15, -0.1) is 0 Å². The Morgan fingerprint density at radius 2 is 1.52 bits per heavy atom. The fourth-order valence-electron chi connectivity index (χ4n) is 4.27. The zero-order chi connectivity index (χ0) is 19.7. The van der Waals surface area contributed by atoms with E-state index < -0.39 is 5.79 Å². The summed E-state index contributed by atoms with van der Waals surface area (Å²) >= 11 is 0. The summed E-state index contributed by atoms with van der Waals surface area (Å²) in [5.41, 5.74) is 10.2. The topological polar surface area (TPSA) is 42.9 Å². The van der Waals surface area contributed by atoms with E-state index in [0.717, 1.165) is 24.2 Å². The average Bonchev–Trinajstić information content (AvgIpc) is 2.62. The van der Waals surface area contributed by atoms with E-state index >= 15 is 0 Å². The summed E-state index contributed by atoms with van der Waals surface area (Å²) in [6.45, 7) is 8.44. The Labute approximate surface area is 162 Å². The van der Waals surface area contributed by atoms with Gasteiger partial charge in [0.05, 0.1) is 5.69 Å². The normalized spacial score (nSPS) is 18.1. The number of nitrogens with zero attached hydrogens (tertiary/aromatic N) is 1. The largest absolute Gasteiger partial charge is 0.353 e. The number of benzene rings is 2. The lowest BCUT2D eigenvalue weighted by Crippen LogP contribution is -2.60. The van der Waals surface area contributed by atoms with Gasteiger partial charge >= 0.3 is 0 Å². The zero-order valence-corrected chi connectivity index (χ0v) is 17.2. The van der Waals surface area contributed by atoms with Gasteiger partial charge in [-0.05, 0) is 44.4 Å². The monoisotopic (exact) mass is 366 g/mol. The van der Waals surface area contributed by atoms with Crippen molar-refractivity contribution in [1.82, 2.24) is 0 Å². The second-order valence-corrected chi connectivity index (χ2v) is 7.70. The van der Waals surface area contributed by atoms with E-state index in [-0.39, 0.29) is 5.41 Å². The Balaban J connectivity index is 1.93. The molecule has 1 fully saturated rings. The Kier molecular flexibility index (Phi) is 5.41. The zero-order valence-electron chi connectivity index (χ0n) is 17.2. The van der Waals surface area contributed by atoms with Crippen LogP contribution in [0.1, 0.15) is 42.0 Å². The van der Waals surface area contributed by atoms with Gasteiger partial charge in [-0.1, -0.05) is 48.0 Å². The summed E-state index contributed by atoms with van der Waals surface area (Å²) in [6.07, 6.45) is 1.50. The van der Waals surface area contributed by atoms with E-state index in [1.54, 1.807) is 14.2 Å². The summed E-state index contributed by atoms with van der Waals surface area (Å²) in [5, 5.41) is 4.81. The Morgan fingerprint density at radius 3 is 2.04 bits per heavy atom. The summed E-state index contributed by atoms with van der Waals surface area (Å²) in [6, 6.07) is 14.9. The molecule has 0 unspecified atom stereocenters. The molecule has 0 amide bonds. The van der Waals surface area contributed by atoms with Gasteiger partial charge in [0.25, 0.3) is 0 Å². The maximum atomic E-state index is 5.67. The Bertz CT molecular complexity index is 808. The van der Waals surface area contributed by atoms with Crippen molar-refractivity contribution in [1.29, 1.82) is 0 Å². The first-order valence-electron chi connectivity index (χ1n) is 9.40. The first-order valence-corrected chi connectivity index (χ1v) is 9.40. The van der Waals surface area contributed by atoms with Crippen LogP contribution in [0.25, 0.3) is 0 Å². The van der Waals surface area contributed by atoms with E-state index in [0.29, 0.717) is 0 Å². The van der Waals surface area contributed by atoms with Crippen molar-refractivity contribution in [3.63, 3.8) is 0 Å². The van der Waals surface area contributed by atoms with Crippen LogP contribution in [0.5, 0.6) is 0 Å². The van der Waals surface area contributed by atoms with Crippen LogP contribution in [0.3, 0.4) is 0 Å². The van der Waals surface area contributed by atoms with E-state index in [9.17, 15) is 0 Å². The first-order chi connectivity index (χ1) is 12.9. The Morgan fingerprint density at radius 1 is 0.963 bits per heavy atom. The molecule has 0 spiro atoms. The van der Waals surface area contributed by atoms with Crippen LogP contribution in [-0.2, 0) is 14.9 Å². The highest BCUT2D eigenvalue weighted by molar-refractivity contribution is 5.95. The summed E-state index contributed by atoms with van der Waals surface area (Å²) in [4.78, 5) is 0. The second-order valence-electron chi connectivity index (χ2n) is 7.70. The average molecular weight is 367 g/mol. The van der Waals surface area contributed by atoms with Crippen molar-refractivity contribution in [2.45, 2.75) is 51.7 Å². The molecular weight excluding hydrogens is 336 g/mol. The highest BCUT2D eigenvalue weighted by atomic mass is 16.7. The van der Waals surface area contributed by atoms with Crippen LogP contribution in [0.2, 0.25) is 0 Å². The number of hydrogen-bond donors (Lipinski definition) is 1. The number of hydrogen-bond acceptors (Lipinski definition) is 4. The number of rotatable bonds is 6. The van der Waals surface area contributed by atoms with Crippen LogP contribution in [-0.4, -0.2) is 25.7 Å². The lowest BCUT2D eigenvalue weighted by Gasteiger charge is -2.54. The summed E-state index contributed by atoms with van der Waals surface area (Å²) in [7, 11) is 3.42. The SMILES string of the molecule is COC1(OC)CC(C(C)=NNc2c(C)cc(C)cc2C)(c2ccccc2)C1. The predicted molar refractivity (Wildman–Crippen MR) is 111 cm³/mol. The fourth-order valence-corrected chi connectivity index (χ4v) is 4.27. The molecule has 0 saturated heterocycles. The lowest BCUT2D eigenvalue weighted by molar-refractivity contribution is -0.267. The third-order valence-corrected chi connectivity index (χ3v) is 5.92. The minimum atomic E-state index is -0.539. The number of nitrogens with one attached hydrogen (secondary N) is 1. The van der Waals surface area contributed by atoms with Crippen LogP contribution >= 0.6 is 0 Å². The molecular formula is C23H30N2O2. The molecule has 27 heavy (non-hydrogen) atoms. The number of anilines is 1. The van der Waals surface area contributed by atoms with Gasteiger partial charge in [0, 0.05) is 38.2 Å². The minimum Gasteiger partial charge on any atom is -0.353 e. The molecule has 0 bridgehead atoms. The molecule has 1 aliphatic carbocycles. The molecule has 4 nitrogen and oxygen atoms in total. The smallest absolute Gasteiger partial charge is 0.169 e. The molecule has 2 aromatic carbocycles. The molecule has 1 saturated carbocycles. The quantitative estimate of drug-likeness (QED) is 0.438. The van der Waals surface area contributed by atoms with Gasteiger partial charge in [-0.25, -0.2) is 0 Å². The van der Waals surface area contributed by atoms with Crippen molar-refractivity contribution in [3.8, 4) is 0 Å². The van der Waals surface area contributed by atoms with E-state index in [1.807, 2.05) is 6.07 Å². The van der Waals surface area contributed by atoms with Crippen molar-refractivity contribution in [2.24, 2.45) is 5.10 Å². The molecule has 1 aliphatic rings. The van der Waals surface area contributed by atoms with E-state index in [2.05, 4.69) is 69.5 Å². The molecule has 0 atom stereocenters. The standard InChI is InChI=1S/C23H30N2O2/c1-16-12-17(2)21(18(3)13-16)25-24-19(4)22(20-10-8-7-9-11-20)14-23(15-22,26-5)27-6/h7-13,25H,14-15H2,1-6H3. The third kappa shape index (κ3) is 3.52. The lowest BCUT2D eigenvalue weighted by atomic mass is 9.58. The number of hydrazone groups is 1. The highest BCUT2D eigenvalue weighted by Crippen LogP contribution is 2.53. The Hall–Kier alpha value is -2.17. The van der Waals surface area contributed by atoms with Gasteiger partial charge in [0.1, 0.15) is 0 Å². The van der Waals surface area contributed by atoms with Crippen LogP contribution < -0.4 is 5.43 Å². The van der Waals surface area contributed by atoms with Gasteiger partial charge in [-0.2, -0.15) is 5.10 Å². The molecule has 0 heterocycles. The molecule has 0 aromatic heterocycles. The summed E-state index contributed by atoms with van der Waals surface area (Å²) < 4.78 is 11.3. The third-order valence-electron chi connectivity index (χ3n) is 5.92. The minimum absolute atomic E-state index is 0.188. The molecule has 0 aliphatic heterocycles. The highest BCUT2D eigenvalue weighted by Gasteiger charge is 2.58. The molecule has 3 rings (SSSR count). The van der Waals surface area contributed by atoms with Crippen molar-refractivity contribution in [2.75, 3.05) is 19.6 Å². The molecule has 1 N–H and O–H groups in total. The molecule has 4 heteroatoms. The molecule has 2 aromatic rings. The first kappa shape index (κ1) is 19.6. The number of methoxy groups -OCH3 is 2. The molecule has 0 radical (unpaired) electrons. The van der Waals surface area contributed by atoms with Crippen LogP contribution in [0, 0.1) is 20.8 Å². The predicted octanol–water partition coefficient (Wildman–Crippen LogP) is 5.12. The number of aryl methyl sites for hydroxylation is 3. The number of ether oxygens (including phenoxy) is 2. The van der Waals surface area contributed by atoms with Gasteiger partial charge < -0.3 is 9.47 Å².